The molecule has 0 fully saturated rings. The average molecular weight is 274 g/mol. The van der Waals surface area contributed by atoms with E-state index >= 15 is 0 Å². The molecule has 0 bridgehead atoms. The number of halogens is 1. The van der Waals surface area contributed by atoms with Crippen molar-refractivity contribution in [3.05, 3.63) is 58.9 Å². The van der Waals surface area contributed by atoms with E-state index in [2.05, 4.69) is 6.92 Å². The largest absolute Gasteiger partial charge is 0.457 e. The van der Waals surface area contributed by atoms with Crippen LogP contribution in [0.1, 0.15) is 36.6 Å². The Bertz CT molecular complexity index is 589. The molecule has 0 saturated heterocycles. The number of benzene rings is 2. The summed E-state index contributed by atoms with van der Waals surface area (Å²) >= 11 is 0. The Kier molecular flexibility index (Phi) is 4.40. The van der Waals surface area contributed by atoms with Gasteiger partial charge in [-0.1, -0.05) is 19.1 Å². The fraction of sp³-hybridized carbons (Fsp3) is 0.294. The lowest BCUT2D eigenvalue weighted by Crippen LogP contribution is -1.99. The summed E-state index contributed by atoms with van der Waals surface area (Å²) in [6.07, 6.45) is 0.185. The highest BCUT2D eigenvalue weighted by atomic mass is 19.1. The quantitative estimate of drug-likeness (QED) is 0.886. The molecule has 0 aromatic heterocycles. The molecule has 2 rings (SSSR count). The average Bonchev–Trinajstić information content (AvgIpc) is 2.43. The van der Waals surface area contributed by atoms with Crippen LogP contribution in [-0.4, -0.2) is 5.11 Å². The lowest BCUT2D eigenvalue weighted by molar-refractivity contribution is 0.195. The molecule has 0 amide bonds. The molecule has 3 heteroatoms. The van der Waals surface area contributed by atoms with Crippen molar-refractivity contribution in [2.24, 2.45) is 0 Å². The second-order valence-electron chi connectivity index (χ2n) is 4.91. The van der Waals surface area contributed by atoms with Crippen molar-refractivity contribution in [3.63, 3.8) is 0 Å². The Morgan fingerprint density at radius 3 is 2.40 bits per heavy atom. The molecular formula is C17H19FO2. The third-order valence-electron chi connectivity index (χ3n) is 3.30. The number of hydrogen-bond donors (Lipinski definition) is 1. The third-order valence-corrected chi connectivity index (χ3v) is 3.30. The van der Waals surface area contributed by atoms with E-state index in [1.54, 1.807) is 19.9 Å². The van der Waals surface area contributed by atoms with Gasteiger partial charge in [0, 0.05) is 5.56 Å². The summed E-state index contributed by atoms with van der Waals surface area (Å²) in [5, 5.41) is 9.73. The molecule has 2 nitrogen and oxygen atoms in total. The minimum absolute atomic E-state index is 0.338. The molecular weight excluding hydrogens is 255 g/mol. The van der Waals surface area contributed by atoms with E-state index in [-0.39, 0.29) is 5.82 Å². The summed E-state index contributed by atoms with van der Waals surface area (Å²) in [4.78, 5) is 0. The molecule has 106 valence electrons. The van der Waals surface area contributed by atoms with Gasteiger partial charge in [-0.2, -0.15) is 0 Å². The van der Waals surface area contributed by atoms with Gasteiger partial charge in [0.05, 0.1) is 6.10 Å². The highest BCUT2D eigenvalue weighted by Gasteiger charge is 2.13. The van der Waals surface area contributed by atoms with Gasteiger partial charge in [-0.25, -0.2) is 4.39 Å². The van der Waals surface area contributed by atoms with Crippen molar-refractivity contribution in [1.82, 2.24) is 0 Å². The lowest BCUT2D eigenvalue weighted by Gasteiger charge is -2.15. The van der Waals surface area contributed by atoms with Gasteiger partial charge < -0.3 is 9.84 Å². The predicted molar refractivity (Wildman–Crippen MR) is 77.7 cm³/mol. The fourth-order valence-corrected chi connectivity index (χ4v) is 2.01. The molecule has 0 radical (unpaired) electrons. The van der Waals surface area contributed by atoms with Gasteiger partial charge in [-0.3, -0.25) is 0 Å². The number of aliphatic hydroxyl groups is 1. The zero-order chi connectivity index (χ0) is 14.7. The Labute approximate surface area is 118 Å². The minimum atomic E-state index is -0.782. The van der Waals surface area contributed by atoms with Crippen LogP contribution in [0.3, 0.4) is 0 Å². The second kappa shape index (κ2) is 6.06. The van der Waals surface area contributed by atoms with Gasteiger partial charge in [-0.15, -0.1) is 0 Å². The molecule has 0 aliphatic carbocycles. The van der Waals surface area contributed by atoms with E-state index < -0.39 is 6.10 Å². The molecule has 0 heterocycles. The van der Waals surface area contributed by atoms with E-state index in [0.717, 1.165) is 6.42 Å². The molecule has 2 aromatic rings. The summed E-state index contributed by atoms with van der Waals surface area (Å²) in [6, 6.07) is 10.7. The number of aryl methyl sites for hydroxylation is 2. The van der Waals surface area contributed by atoms with Crippen molar-refractivity contribution < 1.29 is 14.2 Å². The molecule has 1 N–H and O–H groups in total. The monoisotopic (exact) mass is 274 g/mol. The number of aliphatic hydroxyl groups excluding tert-OH is 1. The van der Waals surface area contributed by atoms with Crippen LogP contribution in [-0.2, 0) is 6.42 Å². The Morgan fingerprint density at radius 1 is 1.20 bits per heavy atom. The van der Waals surface area contributed by atoms with E-state index in [1.807, 2.05) is 24.3 Å². The molecule has 0 unspecified atom stereocenters. The van der Waals surface area contributed by atoms with Crippen LogP contribution >= 0.6 is 0 Å². The zero-order valence-electron chi connectivity index (χ0n) is 12.0. The first-order chi connectivity index (χ1) is 9.51. The number of hydrogen-bond acceptors (Lipinski definition) is 2. The highest BCUT2D eigenvalue weighted by Crippen LogP contribution is 2.32. The van der Waals surface area contributed by atoms with Gasteiger partial charge in [0.2, 0.25) is 0 Å². The topological polar surface area (TPSA) is 29.5 Å². The van der Waals surface area contributed by atoms with Gasteiger partial charge in [0.15, 0.2) is 0 Å². The lowest BCUT2D eigenvalue weighted by atomic mass is 10.1. The Hall–Kier alpha value is -1.87. The molecule has 2 aromatic carbocycles. The minimum Gasteiger partial charge on any atom is -0.457 e. The van der Waals surface area contributed by atoms with Crippen molar-refractivity contribution >= 4 is 0 Å². The number of ether oxygens (including phenoxy) is 1. The van der Waals surface area contributed by atoms with Gasteiger partial charge >= 0.3 is 0 Å². The summed E-state index contributed by atoms with van der Waals surface area (Å²) in [5.41, 5.74) is 2.17. The normalized spacial score (nSPS) is 12.2. The Balaban J connectivity index is 2.33. The first-order valence-corrected chi connectivity index (χ1v) is 6.76. The summed E-state index contributed by atoms with van der Waals surface area (Å²) < 4.78 is 19.4. The van der Waals surface area contributed by atoms with Crippen LogP contribution < -0.4 is 4.74 Å². The van der Waals surface area contributed by atoms with E-state index in [1.165, 1.54) is 11.6 Å². The molecule has 1 atom stereocenters. The van der Waals surface area contributed by atoms with Crippen LogP contribution in [0.15, 0.2) is 36.4 Å². The van der Waals surface area contributed by atoms with Crippen molar-refractivity contribution in [2.45, 2.75) is 33.3 Å². The standard InChI is InChI=1S/C17H19FO2/c1-4-13-5-7-14(8-6-13)20-17-9-11(2)16(18)10-15(17)12(3)19/h5-10,12,19H,4H2,1-3H3/t12-/m1/s1. The van der Waals surface area contributed by atoms with Gasteiger partial charge in [0.1, 0.15) is 17.3 Å². The smallest absolute Gasteiger partial charge is 0.133 e. The number of rotatable bonds is 4. The predicted octanol–water partition coefficient (Wildman–Crippen LogP) is 4.54. The van der Waals surface area contributed by atoms with Crippen LogP contribution in [0.2, 0.25) is 0 Å². The third kappa shape index (κ3) is 3.17. The van der Waals surface area contributed by atoms with Crippen molar-refractivity contribution in [3.8, 4) is 11.5 Å². The molecule has 20 heavy (non-hydrogen) atoms. The van der Waals surface area contributed by atoms with Crippen LogP contribution in [0.5, 0.6) is 11.5 Å². The van der Waals surface area contributed by atoms with Crippen molar-refractivity contribution in [1.29, 1.82) is 0 Å². The summed E-state index contributed by atoms with van der Waals surface area (Å²) in [6.45, 7) is 5.36. The van der Waals surface area contributed by atoms with Crippen LogP contribution in [0, 0.1) is 12.7 Å². The molecule has 0 saturated carbocycles. The Morgan fingerprint density at radius 2 is 1.85 bits per heavy atom. The first kappa shape index (κ1) is 14.5. The fourth-order valence-electron chi connectivity index (χ4n) is 2.01. The van der Waals surface area contributed by atoms with E-state index in [9.17, 15) is 9.50 Å². The highest BCUT2D eigenvalue weighted by molar-refractivity contribution is 5.42. The molecule has 0 aliphatic rings. The maximum atomic E-state index is 13.6. The maximum Gasteiger partial charge on any atom is 0.133 e. The molecule has 0 aliphatic heterocycles. The first-order valence-electron chi connectivity index (χ1n) is 6.76. The van der Waals surface area contributed by atoms with E-state index in [4.69, 9.17) is 4.74 Å². The second-order valence-corrected chi connectivity index (χ2v) is 4.91. The zero-order valence-corrected chi connectivity index (χ0v) is 12.0. The van der Waals surface area contributed by atoms with E-state index in [0.29, 0.717) is 22.6 Å². The van der Waals surface area contributed by atoms with Gasteiger partial charge in [-0.05, 0) is 55.7 Å². The van der Waals surface area contributed by atoms with Gasteiger partial charge in [0.25, 0.3) is 0 Å². The molecule has 0 spiro atoms. The summed E-state index contributed by atoms with van der Waals surface area (Å²) in [5.74, 6) is 0.827. The summed E-state index contributed by atoms with van der Waals surface area (Å²) in [7, 11) is 0. The van der Waals surface area contributed by atoms with Crippen molar-refractivity contribution in [2.75, 3.05) is 0 Å². The van der Waals surface area contributed by atoms with Crippen LogP contribution in [0.25, 0.3) is 0 Å². The SMILES string of the molecule is CCc1ccc(Oc2cc(C)c(F)cc2[C@@H](C)O)cc1. The van der Waals surface area contributed by atoms with Crippen LogP contribution in [0.4, 0.5) is 4.39 Å². The maximum absolute atomic E-state index is 13.6.